The van der Waals surface area contributed by atoms with Crippen LogP contribution in [0.15, 0.2) is 60.7 Å². The molecule has 14 heteroatoms. The Kier molecular flexibility index (Phi) is 8.30. The van der Waals surface area contributed by atoms with Crippen LogP contribution >= 0.6 is 0 Å². The van der Waals surface area contributed by atoms with Crippen molar-refractivity contribution in [3.63, 3.8) is 0 Å². The molecule has 0 fully saturated rings. The van der Waals surface area contributed by atoms with Gasteiger partial charge in [0.2, 0.25) is 0 Å². The molecule has 0 aromatic heterocycles. The summed E-state index contributed by atoms with van der Waals surface area (Å²) in [7, 11) is -7.03. The van der Waals surface area contributed by atoms with Gasteiger partial charge in [0.15, 0.2) is 0 Å². The zero-order valence-corrected chi connectivity index (χ0v) is 20.3. The van der Waals surface area contributed by atoms with Gasteiger partial charge in [-0.2, -0.15) is 0 Å². The molecule has 194 valence electrons. The molecule has 0 aliphatic carbocycles. The molecule has 2 rings (SSSR count). The Morgan fingerprint density at radius 2 is 1.15 bits per heavy atom. The van der Waals surface area contributed by atoms with Crippen LogP contribution in [0.1, 0.15) is 19.8 Å². The molecule has 0 unspecified atom stereocenters. The van der Waals surface area contributed by atoms with E-state index < -0.39 is 52.2 Å². The Morgan fingerprint density at radius 1 is 0.735 bits per heavy atom. The van der Waals surface area contributed by atoms with E-state index in [2.05, 4.69) is 0 Å². The Labute approximate surface area is 194 Å². The van der Waals surface area contributed by atoms with Crippen LogP contribution < -0.4 is 18.8 Å². The summed E-state index contributed by atoms with van der Waals surface area (Å²) in [5.74, 6) is -14.7. The molecule has 0 saturated carbocycles. The normalized spacial score (nSPS) is 14.8. The number of alkyl halides is 10. The molecule has 2 aromatic rings. The van der Waals surface area contributed by atoms with Gasteiger partial charge in [0.1, 0.15) is 0 Å². The third-order valence-electron chi connectivity index (χ3n) is 4.54. The van der Waals surface area contributed by atoms with Crippen molar-refractivity contribution >= 4 is 10.1 Å². The van der Waals surface area contributed by atoms with Crippen molar-refractivity contribution in [2.24, 2.45) is 0 Å². The average molecular weight is 637 g/mol. The molecule has 0 saturated heterocycles. The van der Waals surface area contributed by atoms with E-state index in [1.807, 2.05) is 0 Å². The van der Waals surface area contributed by atoms with Gasteiger partial charge in [-0.3, -0.25) is 0 Å². The van der Waals surface area contributed by atoms with E-state index in [0.717, 1.165) is 0 Å². The fourth-order valence-corrected chi connectivity index (χ4v) is 15.6. The van der Waals surface area contributed by atoms with Crippen LogP contribution in [0.2, 0.25) is 0 Å². The number of benzene rings is 2. The topological polar surface area (TPSA) is 43.4 Å². The van der Waals surface area contributed by atoms with E-state index in [1.54, 1.807) is 6.92 Å². The van der Waals surface area contributed by atoms with Gasteiger partial charge in [-0.05, 0) is 0 Å². The molecule has 0 aliphatic rings. The molecule has 0 spiro atoms. The predicted molar refractivity (Wildman–Crippen MR) is 101 cm³/mol. The molecule has 0 radical (unpaired) electrons. The summed E-state index contributed by atoms with van der Waals surface area (Å²) in [5, 5.41) is -6.91. The zero-order valence-electron chi connectivity index (χ0n) is 17.3. The number of hydrogen-bond acceptors (Lipinski definition) is 3. The number of hydrogen-bond donors (Lipinski definition) is 0. The molecule has 0 amide bonds. The van der Waals surface area contributed by atoms with Crippen molar-refractivity contribution in [2.75, 3.05) is 4.43 Å². The van der Waals surface area contributed by atoms with Crippen molar-refractivity contribution in [3.8, 4) is 0 Å². The summed E-state index contributed by atoms with van der Waals surface area (Å²) in [6, 6.07) is 13.7. The van der Waals surface area contributed by atoms with E-state index in [1.165, 1.54) is 60.7 Å². The second-order valence-electron chi connectivity index (χ2n) is 6.94. The summed E-state index contributed by atoms with van der Waals surface area (Å²) >= 11 is -5.02. The predicted octanol–water partition coefficient (Wildman–Crippen LogP) is 3.37. The zero-order chi connectivity index (χ0) is 26.1. The fourth-order valence-electron chi connectivity index (χ4n) is 2.71. The number of rotatable bonds is 10. The van der Waals surface area contributed by atoms with Crippen LogP contribution in [0.5, 0.6) is 0 Å². The molecule has 0 N–H and O–H groups in total. The van der Waals surface area contributed by atoms with Gasteiger partial charge in [0.05, 0.1) is 0 Å². The van der Waals surface area contributed by atoms with Crippen molar-refractivity contribution in [1.29, 1.82) is 0 Å². The second kappa shape index (κ2) is 9.84. The quantitative estimate of drug-likeness (QED) is 0.228. The SMILES string of the molecule is CCCC[I-](OS(=O)(=O)C(F)(F)C(F)(F)C(F)(F)C(F)(F)F)(c1ccccc1)c1ccccc1. The summed E-state index contributed by atoms with van der Waals surface area (Å²) in [6.45, 7) is 1.66. The van der Waals surface area contributed by atoms with Crippen LogP contribution in [0.3, 0.4) is 0 Å². The first-order valence-corrected chi connectivity index (χ1v) is 15.5. The van der Waals surface area contributed by atoms with E-state index in [9.17, 15) is 47.9 Å². The minimum atomic E-state index is -7.36. The monoisotopic (exact) mass is 637 g/mol. The van der Waals surface area contributed by atoms with Gasteiger partial charge < -0.3 is 0 Å². The third-order valence-corrected chi connectivity index (χ3v) is 16.8. The van der Waals surface area contributed by atoms with Crippen LogP contribution in [0, 0.1) is 7.14 Å². The van der Waals surface area contributed by atoms with E-state index in [-0.39, 0.29) is 18.0 Å². The molecule has 34 heavy (non-hydrogen) atoms. The molecule has 2 aromatic carbocycles. The first-order chi connectivity index (χ1) is 15.5. The van der Waals surface area contributed by atoms with Gasteiger partial charge in [-0.15, -0.1) is 0 Å². The van der Waals surface area contributed by atoms with Gasteiger partial charge in [-0.25, -0.2) is 0 Å². The number of unbranched alkanes of at least 4 members (excludes halogenated alkanes) is 1. The van der Waals surface area contributed by atoms with E-state index in [0.29, 0.717) is 6.42 Å². The Hall–Kier alpha value is -1.55. The molecule has 0 heterocycles. The van der Waals surface area contributed by atoms with Crippen molar-refractivity contribution < 1.29 is 69.3 Å². The van der Waals surface area contributed by atoms with Crippen molar-refractivity contribution in [2.45, 2.75) is 43.0 Å². The summed E-state index contributed by atoms with van der Waals surface area (Å²) < 4.78 is 151. The molecule has 0 bridgehead atoms. The minimum absolute atomic E-state index is 0.0549. The van der Waals surface area contributed by atoms with Gasteiger partial charge in [0.25, 0.3) is 0 Å². The summed E-state index contributed by atoms with van der Waals surface area (Å²) in [6.07, 6.45) is -6.61. The number of halogens is 10. The van der Waals surface area contributed by atoms with E-state index >= 15 is 0 Å². The first kappa shape index (κ1) is 28.7. The van der Waals surface area contributed by atoms with Crippen LogP contribution in [0.4, 0.5) is 39.5 Å². The molecular weight excluding hydrogens is 618 g/mol. The Morgan fingerprint density at radius 3 is 1.50 bits per heavy atom. The van der Waals surface area contributed by atoms with Crippen molar-refractivity contribution in [1.82, 2.24) is 0 Å². The summed E-state index contributed by atoms with van der Waals surface area (Å²) in [5.41, 5.74) is 0. The van der Waals surface area contributed by atoms with Crippen LogP contribution in [-0.2, 0) is 12.6 Å². The standard InChI is InChI=1S/C20H19F9IO3S/c1-2-3-14-30(15-10-6-4-7-11-15,16-12-8-5-9-13-16)33-34(31,32)20(28,29)18(23,24)17(21,22)19(25,26)27/h4-13H,2-3,14H2,1H3/q-1. The van der Waals surface area contributed by atoms with Crippen LogP contribution in [0.25, 0.3) is 0 Å². The maximum atomic E-state index is 14.5. The third kappa shape index (κ3) is 4.90. The average Bonchev–Trinajstić information content (AvgIpc) is 2.76. The Bertz CT molecular complexity index is 1020. The second-order valence-corrected chi connectivity index (χ2v) is 16.7. The van der Waals surface area contributed by atoms with Gasteiger partial charge in [0, 0.05) is 0 Å². The summed E-state index contributed by atoms with van der Waals surface area (Å²) in [4.78, 5) is 0. The van der Waals surface area contributed by atoms with Gasteiger partial charge >= 0.3 is 195 Å². The van der Waals surface area contributed by atoms with Gasteiger partial charge in [-0.1, -0.05) is 0 Å². The molecule has 0 atom stereocenters. The molecule has 3 nitrogen and oxygen atoms in total. The molecule has 0 aliphatic heterocycles. The van der Waals surface area contributed by atoms with E-state index in [4.69, 9.17) is 2.51 Å². The first-order valence-electron chi connectivity index (χ1n) is 9.48. The maximum absolute atomic E-state index is 14.5. The Balaban J connectivity index is 2.75. The van der Waals surface area contributed by atoms with Crippen molar-refractivity contribution in [3.05, 3.63) is 67.8 Å². The molecular formula is C20H19F9IO3S-. The van der Waals surface area contributed by atoms with Crippen LogP contribution in [-0.4, -0.2) is 36.1 Å². The fraction of sp³-hybridized carbons (Fsp3) is 0.400.